The van der Waals surface area contributed by atoms with Crippen LogP contribution < -0.4 is 33.2 Å². The zero-order valence-corrected chi connectivity index (χ0v) is 18.8. The van der Waals surface area contributed by atoms with Gasteiger partial charge in [-0.3, -0.25) is 29.0 Å². The van der Waals surface area contributed by atoms with Crippen molar-refractivity contribution in [2.45, 2.75) is 62.9 Å². The van der Waals surface area contributed by atoms with Gasteiger partial charge < -0.3 is 53.6 Å². The lowest BCUT2D eigenvalue weighted by molar-refractivity contribution is -0.146. The van der Waals surface area contributed by atoms with E-state index in [9.17, 15) is 33.9 Å². The van der Waals surface area contributed by atoms with E-state index in [0.717, 1.165) is 6.92 Å². The fourth-order valence-corrected chi connectivity index (χ4v) is 2.61. The predicted molar refractivity (Wildman–Crippen MR) is 118 cm³/mol. The van der Waals surface area contributed by atoms with Crippen molar-refractivity contribution >= 4 is 41.6 Å². The van der Waals surface area contributed by atoms with Crippen molar-refractivity contribution in [3.05, 3.63) is 0 Å². The van der Waals surface area contributed by atoms with Gasteiger partial charge in [-0.2, -0.15) is 0 Å². The molecule has 0 rings (SSSR count). The van der Waals surface area contributed by atoms with Crippen molar-refractivity contribution in [1.29, 1.82) is 0 Å². The van der Waals surface area contributed by atoms with Gasteiger partial charge in [0, 0.05) is 6.54 Å². The predicted octanol–water partition coefficient (Wildman–Crippen LogP) is -4.76. The molecule has 0 heterocycles. The lowest BCUT2D eigenvalue weighted by Gasteiger charge is -2.24. The minimum absolute atomic E-state index is 0.0734. The molecule has 0 aromatic carbocycles. The Hall–Kier alpha value is -3.99. The van der Waals surface area contributed by atoms with Crippen LogP contribution in [-0.4, -0.2) is 98.8 Å². The zero-order chi connectivity index (χ0) is 27.3. The largest absolute Gasteiger partial charge is 0.481 e. The molecule has 0 radical (unpaired) electrons. The molecule has 0 aliphatic carbocycles. The molecule has 5 unspecified atom stereocenters. The van der Waals surface area contributed by atoms with Crippen molar-refractivity contribution in [2.75, 3.05) is 6.54 Å². The number of nitrogens with zero attached hydrogens (tertiary/aromatic N) is 1. The summed E-state index contributed by atoms with van der Waals surface area (Å²) >= 11 is 0. The SMILES string of the molecule is CC(O)C(NC(=O)C(CC(=O)O)NC(=O)C(CC(=O)O)NC(=O)C(N)CCCN=C(N)N)C(=O)O. The number of aliphatic hydroxyl groups is 1. The molecule has 13 N–H and O–H groups in total. The lowest BCUT2D eigenvalue weighted by Crippen LogP contribution is -2.59. The highest BCUT2D eigenvalue weighted by atomic mass is 16.4. The first kappa shape index (κ1) is 31.0. The number of aliphatic hydroxyl groups excluding tert-OH is 1. The van der Waals surface area contributed by atoms with E-state index in [2.05, 4.69) is 10.3 Å². The molecule has 0 spiro atoms. The number of nitrogens with one attached hydrogen (secondary N) is 3. The fourth-order valence-electron chi connectivity index (χ4n) is 2.61. The second-order valence-corrected chi connectivity index (χ2v) is 7.44. The van der Waals surface area contributed by atoms with Crippen molar-refractivity contribution in [2.24, 2.45) is 22.2 Å². The van der Waals surface area contributed by atoms with Gasteiger partial charge in [0.25, 0.3) is 0 Å². The van der Waals surface area contributed by atoms with Crippen LogP contribution in [0.25, 0.3) is 0 Å². The highest BCUT2D eigenvalue weighted by Crippen LogP contribution is 2.03. The summed E-state index contributed by atoms with van der Waals surface area (Å²) in [6.45, 7) is 1.22. The Morgan fingerprint density at radius 1 is 0.829 bits per heavy atom. The Labute approximate surface area is 199 Å². The first-order chi connectivity index (χ1) is 16.1. The van der Waals surface area contributed by atoms with E-state index in [-0.39, 0.29) is 25.3 Å². The van der Waals surface area contributed by atoms with Gasteiger partial charge in [-0.15, -0.1) is 0 Å². The topological polar surface area (TPSA) is 310 Å². The van der Waals surface area contributed by atoms with Gasteiger partial charge in [-0.1, -0.05) is 0 Å². The average molecular weight is 505 g/mol. The van der Waals surface area contributed by atoms with Gasteiger partial charge in [-0.05, 0) is 19.8 Å². The third-order valence-electron chi connectivity index (χ3n) is 4.37. The molecule has 198 valence electrons. The van der Waals surface area contributed by atoms with E-state index in [1.165, 1.54) is 0 Å². The molecular weight excluding hydrogens is 474 g/mol. The minimum Gasteiger partial charge on any atom is -0.481 e. The number of amides is 3. The van der Waals surface area contributed by atoms with Crippen LogP contribution in [0, 0.1) is 0 Å². The quantitative estimate of drug-likeness (QED) is 0.0535. The highest BCUT2D eigenvalue weighted by molar-refractivity contribution is 5.96. The number of aliphatic carboxylic acids is 3. The van der Waals surface area contributed by atoms with Gasteiger partial charge in [0.15, 0.2) is 12.0 Å². The van der Waals surface area contributed by atoms with Gasteiger partial charge in [0.2, 0.25) is 17.7 Å². The van der Waals surface area contributed by atoms with Crippen molar-refractivity contribution in [3.63, 3.8) is 0 Å². The summed E-state index contributed by atoms with van der Waals surface area (Å²) < 4.78 is 0. The van der Waals surface area contributed by atoms with E-state index >= 15 is 0 Å². The van der Waals surface area contributed by atoms with Crippen molar-refractivity contribution in [1.82, 2.24) is 16.0 Å². The molecule has 17 heteroatoms. The summed E-state index contributed by atoms with van der Waals surface area (Å²) in [6.07, 6.45) is -3.15. The summed E-state index contributed by atoms with van der Waals surface area (Å²) in [6, 6.07) is -6.60. The molecule has 0 aromatic rings. The summed E-state index contributed by atoms with van der Waals surface area (Å²) in [5.41, 5.74) is 16.1. The maximum Gasteiger partial charge on any atom is 0.328 e. The van der Waals surface area contributed by atoms with Crippen LogP contribution >= 0.6 is 0 Å². The van der Waals surface area contributed by atoms with Gasteiger partial charge in [0.1, 0.15) is 12.1 Å². The van der Waals surface area contributed by atoms with E-state index in [4.69, 9.17) is 32.5 Å². The Morgan fingerprint density at radius 2 is 1.29 bits per heavy atom. The first-order valence-electron chi connectivity index (χ1n) is 10.2. The molecule has 5 atom stereocenters. The summed E-state index contributed by atoms with van der Waals surface area (Å²) in [7, 11) is 0. The first-order valence-corrected chi connectivity index (χ1v) is 10.2. The molecule has 35 heavy (non-hydrogen) atoms. The Kier molecular flexibility index (Phi) is 13.3. The molecule has 0 bridgehead atoms. The van der Waals surface area contributed by atoms with Gasteiger partial charge in [-0.25, -0.2) is 4.79 Å². The maximum absolute atomic E-state index is 12.6. The Morgan fingerprint density at radius 3 is 1.69 bits per heavy atom. The molecule has 0 saturated carbocycles. The summed E-state index contributed by atoms with van der Waals surface area (Å²) in [4.78, 5) is 74.5. The molecular formula is C18H31N7O10. The highest BCUT2D eigenvalue weighted by Gasteiger charge is 2.33. The fraction of sp³-hybridized carbons (Fsp3) is 0.611. The number of aliphatic imine (C=N–C) groups is 1. The third-order valence-corrected chi connectivity index (χ3v) is 4.37. The zero-order valence-electron chi connectivity index (χ0n) is 18.8. The number of carboxylic acid groups (broad SMARTS) is 3. The summed E-state index contributed by atoms with van der Waals surface area (Å²) in [5.74, 6) is -8.27. The third kappa shape index (κ3) is 12.7. The van der Waals surface area contributed by atoms with E-state index in [1.54, 1.807) is 0 Å². The minimum atomic E-state index is -1.86. The van der Waals surface area contributed by atoms with Gasteiger partial charge in [0.05, 0.1) is 25.0 Å². The molecule has 17 nitrogen and oxygen atoms in total. The van der Waals surface area contributed by atoms with Crippen LogP contribution in [0.1, 0.15) is 32.6 Å². The number of rotatable bonds is 16. The summed E-state index contributed by atoms with van der Waals surface area (Å²) in [5, 5.41) is 42.6. The van der Waals surface area contributed by atoms with Crippen LogP contribution in [0.2, 0.25) is 0 Å². The number of hydrogen-bond donors (Lipinski definition) is 10. The second-order valence-electron chi connectivity index (χ2n) is 7.44. The monoisotopic (exact) mass is 505 g/mol. The molecule has 0 fully saturated rings. The maximum atomic E-state index is 12.6. The molecule has 0 aliphatic heterocycles. The van der Waals surface area contributed by atoms with Crippen LogP contribution in [0.3, 0.4) is 0 Å². The molecule has 0 aromatic heterocycles. The standard InChI is InChI=1S/C18H31N7O10/c1-7(26)13(17(34)35)25-16(33)10(6-12(29)30)24-15(32)9(5-11(27)28)23-14(31)8(19)3-2-4-22-18(20)21/h7-10,13,26H,2-6,19H2,1H3,(H,23,31)(H,24,32)(H,25,33)(H,27,28)(H,29,30)(H,34,35)(H4,20,21,22). The van der Waals surface area contributed by atoms with E-state index < -0.39 is 78.7 Å². The van der Waals surface area contributed by atoms with Crippen LogP contribution in [0.4, 0.5) is 0 Å². The van der Waals surface area contributed by atoms with E-state index in [0.29, 0.717) is 0 Å². The normalized spacial score (nSPS) is 14.8. The number of carbonyl (C=O) groups excluding carboxylic acids is 3. The average Bonchev–Trinajstić information content (AvgIpc) is 2.72. The number of carboxylic acids is 3. The van der Waals surface area contributed by atoms with Crippen LogP contribution in [-0.2, 0) is 28.8 Å². The number of guanidine groups is 1. The van der Waals surface area contributed by atoms with Gasteiger partial charge >= 0.3 is 17.9 Å². The second kappa shape index (κ2) is 15.0. The number of hydrogen-bond acceptors (Lipinski definition) is 9. The van der Waals surface area contributed by atoms with Crippen LogP contribution in [0.15, 0.2) is 4.99 Å². The van der Waals surface area contributed by atoms with Crippen molar-refractivity contribution < 1.29 is 49.2 Å². The molecule has 0 aliphatic rings. The molecule has 0 saturated heterocycles. The Bertz CT molecular complexity index is 828. The number of nitrogens with two attached hydrogens (primary N) is 3. The smallest absolute Gasteiger partial charge is 0.328 e. The number of carbonyl (C=O) groups is 6. The Balaban J connectivity index is 5.43. The lowest BCUT2D eigenvalue weighted by atomic mass is 10.1. The van der Waals surface area contributed by atoms with Crippen LogP contribution in [0.5, 0.6) is 0 Å². The molecule has 3 amide bonds. The van der Waals surface area contributed by atoms with E-state index in [1.807, 2.05) is 10.6 Å². The van der Waals surface area contributed by atoms with Crippen molar-refractivity contribution in [3.8, 4) is 0 Å².